The Balaban J connectivity index is 1.52. The first-order valence-electron chi connectivity index (χ1n) is 12.2. The number of benzene rings is 2. The smallest absolute Gasteiger partial charge is 0.322 e. The molecule has 0 atom stereocenters. The van der Waals surface area contributed by atoms with Gasteiger partial charge >= 0.3 is 6.03 Å². The van der Waals surface area contributed by atoms with Gasteiger partial charge in [-0.1, -0.05) is 67.6 Å². The van der Waals surface area contributed by atoms with Crippen LogP contribution in [0.5, 0.6) is 0 Å². The molecule has 0 bridgehead atoms. The van der Waals surface area contributed by atoms with Crippen LogP contribution >= 0.6 is 0 Å². The van der Waals surface area contributed by atoms with Gasteiger partial charge in [0.15, 0.2) is 0 Å². The fourth-order valence-corrected chi connectivity index (χ4v) is 5.03. The van der Waals surface area contributed by atoms with E-state index in [1.807, 2.05) is 12.5 Å². The van der Waals surface area contributed by atoms with E-state index in [9.17, 15) is 4.79 Å². The number of aromatic nitrogens is 2. The molecular weight excluding hydrogens is 408 g/mol. The molecule has 1 fully saturated rings. The number of nitrogens with zero attached hydrogens (tertiary/aromatic N) is 3. The zero-order valence-electron chi connectivity index (χ0n) is 20.2. The molecular formula is C28H36N4O. The van der Waals surface area contributed by atoms with E-state index in [1.165, 1.54) is 42.4 Å². The topological polar surface area (TPSA) is 50.2 Å². The first kappa shape index (κ1) is 23.1. The standard InChI is InChI=1S/C28H36N4O/c1-21-16-22(2)27(23(3)17-21)30-28(33)32(26-8-6-4-5-7-9-26)19-25-12-10-24(11-13-25)18-31-15-14-29-20-31/h10-17,20,26H,4-9,18-19H2,1-3H3,(H,30,33). The number of hydrogen-bond donors (Lipinski definition) is 1. The fourth-order valence-electron chi connectivity index (χ4n) is 5.03. The number of carbonyl (C=O) groups is 1. The molecule has 1 saturated carbocycles. The molecule has 1 heterocycles. The van der Waals surface area contributed by atoms with E-state index in [0.29, 0.717) is 6.54 Å². The number of rotatable bonds is 6. The van der Waals surface area contributed by atoms with Gasteiger partial charge in [-0.15, -0.1) is 0 Å². The minimum Gasteiger partial charge on any atom is -0.333 e. The van der Waals surface area contributed by atoms with Crippen molar-refractivity contribution >= 4 is 11.7 Å². The Morgan fingerprint density at radius 3 is 2.24 bits per heavy atom. The third-order valence-electron chi connectivity index (χ3n) is 6.74. The minimum atomic E-state index is 0.0134. The van der Waals surface area contributed by atoms with Gasteiger partial charge in [0.25, 0.3) is 0 Å². The molecule has 0 aliphatic heterocycles. The molecule has 1 aliphatic carbocycles. The lowest BCUT2D eigenvalue weighted by molar-refractivity contribution is 0.175. The van der Waals surface area contributed by atoms with Gasteiger partial charge in [0, 0.05) is 37.2 Å². The Morgan fingerprint density at radius 2 is 1.64 bits per heavy atom. The summed E-state index contributed by atoms with van der Waals surface area (Å²) in [5, 5.41) is 3.26. The lowest BCUT2D eigenvalue weighted by Gasteiger charge is -2.32. The third-order valence-corrected chi connectivity index (χ3v) is 6.74. The average molecular weight is 445 g/mol. The lowest BCUT2D eigenvalue weighted by Crippen LogP contribution is -2.42. The Hall–Kier alpha value is -3.08. The molecule has 3 aromatic rings. The normalized spacial score (nSPS) is 14.6. The average Bonchev–Trinajstić information content (AvgIpc) is 3.15. The first-order chi connectivity index (χ1) is 16.0. The molecule has 174 valence electrons. The predicted molar refractivity (Wildman–Crippen MR) is 134 cm³/mol. The van der Waals surface area contributed by atoms with E-state index < -0.39 is 0 Å². The highest BCUT2D eigenvalue weighted by Crippen LogP contribution is 2.27. The summed E-state index contributed by atoms with van der Waals surface area (Å²) in [5.74, 6) is 0. The van der Waals surface area contributed by atoms with Gasteiger partial charge in [0.1, 0.15) is 0 Å². The number of nitrogens with one attached hydrogen (secondary N) is 1. The molecule has 4 rings (SSSR count). The van der Waals surface area contributed by atoms with Crippen LogP contribution in [0, 0.1) is 20.8 Å². The zero-order chi connectivity index (χ0) is 23.2. The molecule has 0 unspecified atom stereocenters. The molecule has 1 aliphatic rings. The number of amides is 2. The monoisotopic (exact) mass is 444 g/mol. The minimum absolute atomic E-state index is 0.0134. The van der Waals surface area contributed by atoms with E-state index in [1.54, 1.807) is 6.20 Å². The van der Waals surface area contributed by atoms with Crippen molar-refractivity contribution in [3.63, 3.8) is 0 Å². The van der Waals surface area contributed by atoms with E-state index in [-0.39, 0.29) is 12.1 Å². The molecule has 33 heavy (non-hydrogen) atoms. The Labute approximate surface area is 197 Å². The van der Waals surface area contributed by atoms with Crippen molar-refractivity contribution in [1.29, 1.82) is 0 Å². The van der Waals surface area contributed by atoms with Gasteiger partial charge in [0.2, 0.25) is 0 Å². The van der Waals surface area contributed by atoms with Gasteiger partial charge in [-0.3, -0.25) is 0 Å². The van der Waals surface area contributed by atoms with Crippen molar-refractivity contribution in [1.82, 2.24) is 14.5 Å². The molecule has 0 spiro atoms. The maximum atomic E-state index is 13.6. The summed E-state index contributed by atoms with van der Waals surface area (Å²) in [6.07, 6.45) is 12.7. The van der Waals surface area contributed by atoms with Crippen molar-refractivity contribution in [2.45, 2.75) is 78.4 Å². The fraction of sp³-hybridized carbons (Fsp3) is 0.429. The largest absolute Gasteiger partial charge is 0.333 e. The second kappa shape index (κ2) is 10.7. The van der Waals surface area contributed by atoms with Crippen LogP contribution in [0.3, 0.4) is 0 Å². The number of carbonyl (C=O) groups excluding carboxylic acids is 1. The highest BCUT2D eigenvalue weighted by Gasteiger charge is 2.25. The van der Waals surface area contributed by atoms with Gasteiger partial charge in [-0.05, 0) is 55.9 Å². The summed E-state index contributed by atoms with van der Waals surface area (Å²) in [7, 11) is 0. The zero-order valence-corrected chi connectivity index (χ0v) is 20.2. The Bertz CT molecular complexity index is 1030. The van der Waals surface area contributed by atoms with Gasteiger partial charge < -0.3 is 14.8 Å². The second-order valence-electron chi connectivity index (χ2n) is 9.53. The number of hydrogen-bond acceptors (Lipinski definition) is 2. The Kier molecular flexibility index (Phi) is 7.48. The number of imidazole rings is 1. The number of urea groups is 1. The van der Waals surface area contributed by atoms with Crippen LogP contribution in [0.25, 0.3) is 0 Å². The predicted octanol–water partition coefficient (Wildman–Crippen LogP) is 6.61. The van der Waals surface area contributed by atoms with Crippen LogP contribution in [-0.4, -0.2) is 26.5 Å². The van der Waals surface area contributed by atoms with E-state index in [2.05, 4.69) is 76.9 Å². The Morgan fingerprint density at radius 1 is 1.00 bits per heavy atom. The molecule has 1 N–H and O–H groups in total. The maximum absolute atomic E-state index is 13.6. The van der Waals surface area contributed by atoms with Crippen LogP contribution in [0.2, 0.25) is 0 Å². The van der Waals surface area contributed by atoms with Crippen molar-refractivity contribution in [3.8, 4) is 0 Å². The van der Waals surface area contributed by atoms with Gasteiger partial charge in [-0.25, -0.2) is 9.78 Å². The van der Waals surface area contributed by atoms with Crippen LogP contribution < -0.4 is 5.32 Å². The SMILES string of the molecule is Cc1cc(C)c(NC(=O)N(Cc2ccc(Cn3ccnc3)cc2)C2CCCCCC2)c(C)c1. The second-order valence-corrected chi connectivity index (χ2v) is 9.53. The van der Waals surface area contributed by atoms with Crippen LogP contribution in [0.1, 0.15) is 66.3 Å². The van der Waals surface area contributed by atoms with Gasteiger partial charge in [0.05, 0.1) is 6.33 Å². The van der Waals surface area contributed by atoms with E-state index >= 15 is 0 Å². The quantitative estimate of drug-likeness (QED) is 0.435. The summed E-state index contributed by atoms with van der Waals surface area (Å²) in [6.45, 7) is 7.68. The molecule has 2 aromatic carbocycles. The van der Waals surface area contributed by atoms with Crippen LogP contribution in [0.4, 0.5) is 10.5 Å². The molecule has 0 radical (unpaired) electrons. The molecule has 1 aromatic heterocycles. The molecule has 5 heteroatoms. The third kappa shape index (κ3) is 6.04. The van der Waals surface area contributed by atoms with E-state index in [0.717, 1.165) is 36.2 Å². The summed E-state index contributed by atoms with van der Waals surface area (Å²) >= 11 is 0. The van der Waals surface area contributed by atoms with Crippen LogP contribution in [-0.2, 0) is 13.1 Å². The van der Waals surface area contributed by atoms with Crippen molar-refractivity contribution in [2.24, 2.45) is 0 Å². The van der Waals surface area contributed by atoms with Gasteiger partial charge in [-0.2, -0.15) is 0 Å². The van der Waals surface area contributed by atoms with Crippen LogP contribution in [0.15, 0.2) is 55.1 Å². The highest BCUT2D eigenvalue weighted by molar-refractivity contribution is 5.91. The summed E-state index contributed by atoms with van der Waals surface area (Å²) in [6, 6.07) is 13.2. The summed E-state index contributed by atoms with van der Waals surface area (Å²) in [5.41, 5.74) is 6.80. The van der Waals surface area contributed by atoms with Crippen molar-refractivity contribution < 1.29 is 4.79 Å². The number of aryl methyl sites for hydroxylation is 3. The summed E-state index contributed by atoms with van der Waals surface area (Å²) < 4.78 is 2.06. The van der Waals surface area contributed by atoms with Crippen molar-refractivity contribution in [2.75, 3.05) is 5.32 Å². The molecule has 5 nitrogen and oxygen atoms in total. The first-order valence-corrected chi connectivity index (χ1v) is 12.2. The molecule has 2 amide bonds. The van der Waals surface area contributed by atoms with E-state index in [4.69, 9.17) is 0 Å². The number of anilines is 1. The summed E-state index contributed by atoms with van der Waals surface area (Å²) in [4.78, 5) is 19.8. The maximum Gasteiger partial charge on any atom is 0.322 e. The lowest BCUT2D eigenvalue weighted by atomic mass is 10.0. The highest BCUT2D eigenvalue weighted by atomic mass is 16.2. The van der Waals surface area contributed by atoms with Crippen molar-refractivity contribution in [3.05, 3.63) is 82.9 Å². The molecule has 0 saturated heterocycles.